The van der Waals surface area contributed by atoms with Crippen LogP contribution < -0.4 is 14.8 Å². The van der Waals surface area contributed by atoms with Crippen LogP contribution in [0.25, 0.3) is 6.08 Å². The van der Waals surface area contributed by atoms with Gasteiger partial charge in [0.25, 0.3) is 0 Å². The standard InChI is InChI=1S/C24H32N4O3/c1-5-7-18(3)31-21-9-6-8-19(13-21)12-20-10-11-28(16-17(20)2)24(29)27-22-14-26-23(30-4)15-25-22/h6,8-9,12-15,17-18H,5,7,10-11,16H2,1-4H3,(H,25,27,29)/b20-12+. The lowest BCUT2D eigenvalue weighted by Gasteiger charge is -2.33. The predicted molar refractivity (Wildman–Crippen MR) is 122 cm³/mol. The molecule has 0 saturated carbocycles. The minimum atomic E-state index is -0.161. The van der Waals surface area contributed by atoms with Crippen LogP contribution in [0.3, 0.4) is 0 Å². The minimum Gasteiger partial charge on any atom is -0.491 e. The van der Waals surface area contributed by atoms with E-state index < -0.39 is 0 Å². The Kier molecular flexibility index (Phi) is 7.87. The van der Waals surface area contributed by atoms with E-state index in [1.807, 2.05) is 17.0 Å². The molecule has 0 radical (unpaired) electrons. The summed E-state index contributed by atoms with van der Waals surface area (Å²) in [5.41, 5.74) is 2.47. The van der Waals surface area contributed by atoms with E-state index in [1.54, 1.807) is 0 Å². The molecule has 7 heteroatoms. The van der Waals surface area contributed by atoms with E-state index in [0.29, 0.717) is 24.8 Å². The molecule has 0 spiro atoms. The zero-order valence-corrected chi connectivity index (χ0v) is 18.8. The van der Waals surface area contributed by atoms with Gasteiger partial charge in [-0.2, -0.15) is 0 Å². The highest BCUT2D eigenvalue weighted by Gasteiger charge is 2.24. The number of benzene rings is 1. The van der Waals surface area contributed by atoms with Crippen molar-refractivity contribution in [1.82, 2.24) is 14.9 Å². The van der Waals surface area contributed by atoms with Gasteiger partial charge in [-0.25, -0.2) is 14.8 Å². The molecule has 2 amide bonds. The van der Waals surface area contributed by atoms with Crippen LogP contribution in [0.4, 0.5) is 10.6 Å². The van der Waals surface area contributed by atoms with Crippen LogP contribution in [0.5, 0.6) is 11.6 Å². The smallest absolute Gasteiger partial charge is 0.323 e. The lowest BCUT2D eigenvalue weighted by atomic mass is 9.91. The molecule has 1 aromatic heterocycles. The number of nitrogens with zero attached hydrogens (tertiary/aromatic N) is 3. The molecule has 1 aliphatic heterocycles. The van der Waals surface area contributed by atoms with Gasteiger partial charge in [-0.3, -0.25) is 5.32 Å². The largest absolute Gasteiger partial charge is 0.491 e. The number of urea groups is 1. The van der Waals surface area contributed by atoms with Crippen molar-refractivity contribution in [3.63, 3.8) is 0 Å². The molecule has 31 heavy (non-hydrogen) atoms. The Morgan fingerprint density at radius 3 is 2.87 bits per heavy atom. The number of nitrogens with one attached hydrogen (secondary N) is 1. The van der Waals surface area contributed by atoms with Gasteiger partial charge in [0.15, 0.2) is 5.82 Å². The molecular formula is C24H32N4O3. The molecule has 1 aromatic carbocycles. The summed E-state index contributed by atoms with van der Waals surface area (Å²) in [6.07, 6.45) is 8.40. The molecular weight excluding hydrogens is 392 g/mol. The van der Waals surface area contributed by atoms with Crippen molar-refractivity contribution in [2.75, 3.05) is 25.5 Å². The summed E-state index contributed by atoms with van der Waals surface area (Å²) in [7, 11) is 1.53. The second-order valence-corrected chi connectivity index (χ2v) is 7.98. The normalized spacial score (nSPS) is 18.5. The summed E-state index contributed by atoms with van der Waals surface area (Å²) in [5, 5.41) is 2.81. The molecule has 1 aliphatic rings. The van der Waals surface area contributed by atoms with Gasteiger partial charge in [0, 0.05) is 13.1 Å². The quantitative estimate of drug-likeness (QED) is 0.676. The molecule has 1 saturated heterocycles. The predicted octanol–water partition coefficient (Wildman–Crippen LogP) is 5.01. The van der Waals surface area contributed by atoms with E-state index in [-0.39, 0.29) is 18.1 Å². The summed E-state index contributed by atoms with van der Waals surface area (Å²) >= 11 is 0. The molecule has 2 heterocycles. The molecule has 166 valence electrons. The molecule has 0 bridgehead atoms. The first kappa shape index (κ1) is 22.6. The topological polar surface area (TPSA) is 76.6 Å². The minimum absolute atomic E-state index is 0.161. The van der Waals surface area contributed by atoms with Gasteiger partial charge < -0.3 is 14.4 Å². The van der Waals surface area contributed by atoms with Gasteiger partial charge in [0.1, 0.15) is 5.75 Å². The SMILES string of the molecule is CCCC(C)Oc1cccc(/C=C2\CCN(C(=O)Nc3cnc(OC)cn3)CC2C)c1. The zero-order valence-electron chi connectivity index (χ0n) is 18.8. The van der Waals surface area contributed by atoms with Crippen molar-refractivity contribution in [1.29, 1.82) is 0 Å². The van der Waals surface area contributed by atoms with Crippen LogP contribution in [0, 0.1) is 5.92 Å². The fourth-order valence-electron chi connectivity index (χ4n) is 3.71. The summed E-state index contributed by atoms with van der Waals surface area (Å²) < 4.78 is 11.0. The summed E-state index contributed by atoms with van der Waals surface area (Å²) in [4.78, 5) is 22.6. The summed E-state index contributed by atoms with van der Waals surface area (Å²) in [6, 6.07) is 8.06. The number of hydrogen-bond donors (Lipinski definition) is 1. The van der Waals surface area contributed by atoms with Crippen LogP contribution in [0.15, 0.2) is 42.2 Å². The second-order valence-electron chi connectivity index (χ2n) is 7.98. The number of anilines is 1. The Hall–Kier alpha value is -3.09. The van der Waals surface area contributed by atoms with Gasteiger partial charge in [0.05, 0.1) is 25.6 Å². The third-order valence-electron chi connectivity index (χ3n) is 5.40. The highest BCUT2D eigenvalue weighted by molar-refractivity contribution is 5.88. The number of carbonyl (C=O) groups excluding carboxylic acids is 1. The van der Waals surface area contributed by atoms with Crippen molar-refractivity contribution < 1.29 is 14.3 Å². The Balaban J connectivity index is 1.59. The summed E-state index contributed by atoms with van der Waals surface area (Å²) in [6.45, 7) is 7.75. The van der Waals surface area contributed by atoms with Crippen molar-refractivity contribution in [3.05, 3.63) is 47.8 Å². The Morgan fingerprint density at radius 2 is 2.19 bits per heavy atom. The number of rotatable bonds is 7. The van der Waals surface area contributed by atoms with E-state index in [1.165, 1.54) is 25.1 Å². The zero-order chi connectivity index (χ0) is 22.2. The third-order valence-corrected chi connectivity index (χ3v) is 5.40. The summed E-state index contributed by atoms with van der Waals surface area (Å²) in [5.74, 6) is 1.99. The highest BCUT2D eigenvalue weighted by Crippen LogP contribution is 2.27. The van der Waals surface area contributed by atoms with Crippen molar-refractivity contribution >= 4 is 17.9 Å². The molecule has 0 aliphatic carbocycles. The Labute approximate surface area is 184 Å². The first-order valence-corrected chi connectivity index (χ1v) is 10.9. The van der Waals surface area contributed by atoms with E-state index in [9.17, 15) is 4.79 Å². The van der Waals surface area contributed by atoms with Gasteiger partial charge in [0.2, 0.25) is 5.88 Å². The first-order valence-electron chi connectivity index (χ1n) is 10.9. The van der Waals surface area contributed by atoms with Crippen LogP contribution in [0.1, 0.15) is 45.6 Å². The fourth-order valence-corrected chi connectivity index (χ4v) is 3.71. The molecule has 2 atom stereocenters. The number of methoxy groups -OCH3 is 1. The molecule has 3 rings (SSSR count). The average Bonchev–Trinajstić information content (AvgIpc) is 2.76. The number of amides is 2. The number of carbonyl (C=O) groups is 1. The Morgan fingerprint density at radius 1 is 1.35 bits per heavy atom. The molecule has 1 fully saturated rings. The van der Waals surface area contributed by atoms with E-state index in [0.717, 1.165) is 30.6 Å². The molecule has 2 unspecified atom stereocenters. The lowest BCUT2D eigenvalue weighted by molar-refractivity contribution is 0.197. The van der Waals surface area contributed by atoms with Gasteiger partial charge >= 0.3 is 6.03 Å². The number of piperidine rings is 1. The van der Waals surface area contributed by atoms with E-state index in [2.05, 4.69) is 54.3 Å². The maximum absolute atomic E-state index is 12.6. The van der Waals surface area contributed by atoms with Crippen LogP contribution in [-0.2, 0) is 0 Å². The monoisotopic (exact) mass is 424 g/mol. The van der Waals surface area contributed by atoms with Gasteiger partial charge in [-0.05, 0) is 43.4 Å². The molecule has 2 aromatic rings. The van der Waals surface area contributed by atoms with Crippen LogP contribution >= 0.6 is 0 Å². The van der Waals surface area contributed by atoms with Crippen molar-refractivity contribution in [2.45, 2.75) is 46.1 Å². The highest BCUT2D eigenvalue weighted by atomic mass is 16.5. The van der Waals surface area contributed by atoms with Gasteiger partial charge in [-0.1, -0.05) is 44.1 Å². The van der Waals surface area contributed by atoms with Gasteiger partial charge in [-0.15, -0.1) is 0 Å². The molecule has 1 N–H and O–H groups in total. The Bertz CT molecular complexity index is 898. The van der Waals surface area contributed by atoms with E-state index >= 15 is 0 Å². The number of likely N-dealkylation sites (tertiary alicyclic amines) is 1. The molecule has 7 nitrogen and oxygen atoms in total. The van der Waals surface area contributed by atoms with E-state index in [4.69, 9.17) is 9.47 Å². The maximum atomic E-state index is 12.6. The number of hydrogen-bond acceptors (Lipinski definition) is 5. The number of ether oxygens (including phenoxy) is 2. The first-order chi connectivity index (χ1) is 15.0. The van der Waals surface area contributed by atoms with Crippen molar-refractivity contribution in [3.8, 4) is 11.6 Å². The van der Waals surface area contributed by atoms with Crippen LogP contribution in [0.2, 0.25) is 0 Å². The third kappa shape index (κ3) is 6.44. The lowest BCUT2D eigenvalue weighted by Crippen LogP contribution is -2.42. The fraction of sp³-hybridized carbons (Fsp3) is 0.458. The second kappa shape index (κ2) is 10.8. The van der Waals surface area contributed by atoms with Crippen LogP contribution in [-0.4, -0.2) is 47.2 Å². The maximum Gasteiger partial charge on any atom is 0.323 e. The number of aromatic nitrogens is 2. The van der Waals surface area contributed by atoms with Crippen molar-refractivity contribution in [2.24, 2.45) is 5.92 Å². The average molecular weight is 425 g/mol.